The molecule has 1 rings (SSSR count). The van der Waals surface area contributed by atoms with Gasteiger partial charge < -0.3 is 15.2 Å². The summed E-state index contributed by atoms with van der Waals surface area (Å²) in [5.41, 5.74) is -0.346. The second kappa shape index (κ2) is 7.48. The van der Waals surface area contributed by atoms with Crippen molar-refractivity contribution in [2.24, 2.45) is 5.41 Å². The van der Waals surface area contributed by atoms with Crippen LogP contribution >= 0.6 is 0 Å². The molecule has 0 bridgehead atoms. The van der Waals surface area contributed by atoms with Gasteiger partial charge in [-0.25, -0.2) is 0 Å². The molecular formula is C14H25NO4. The van der Waals surface area contributed by atoms with E-state index in [4.69, 9.17) is 9.84 Å². The van der Waals surface area contributed by atoms with Crippen LogP contribution in [0.3, 0.4) is 0 Å². The van der Waals surface area contributed by atoms with Gasteiger partial charge in [-0.05, 0) is 25.2 Å². The molecule has 0 aromatic carbocycles. The minimum atomic E-state index is -0.806. The lowest BCUT2D eigenvalue weighted by Gasteiger charge is -2.35. The number of carbonyl (C=O) groups excluding carboxylic acids is 1. The number of hydrogen-bond acceptors (Lipinski definition) is 3. The number of ether oxygens (including phenoxy) is 1. The summed E-state index contributed by atoms with van der Waals surface area (Å²) in [5.74, 6) is -0.868. The molecule has 1 amide bonds. The molecule has 5 heteroatoms. The maximum absolute atomic E-state index is 12.0. The van der Waals surface area contributed by atoms with Crippen molar-refractivity contribution < 1.29 is 19.4 Å². The normalized spacial score (nSPS) is 19.7. The lowest BCUT2D eigenvalue weighted by molar-refractivity contribution is -0.141. The molecule has 0 aliphatic heterocycles. The Morgan fingerprint density at radius 2 is 1.89 bits per heavy atom. The summed E-state index contributed by atoms with van der Waals surface area (Å²) in [5, 5.41) is 11.9. The molecule has 0 radical (unpaired) electrons. The van der Waals surface area contributed by atoms with Crippen molar-refractivity contribution in [1.82, 2.24) is 5.32 Å². The Morgan fingerprint density at radius 3 is 2.42 bits per heavy atom. The number of rotatable bonds is 7. The van der Waals surface area contributed by atoms with Gasteiger partial charge in [0.15, 0.2) is 0 Å². The molecule has 0 heterocycles. The van der Waals surface area contributed by atoms with Gasteiger partial charge in [0.25, 0.3) is 0 Å². The summed E-state index contributed by atoms with van der Waals surface area (Å²) >= 11 is 0. The highest BCUT2D eigenvalue weighted by atomic mass is 16.5. The summed E-state index contributed by atoms with van der Waals surface area (Å²) in [4.78, 5) is 23.1. The Labute approximate surface area is 114 Å². The molecule has 1 saturated carbocycles. The van der Waals surface area contributed by atoms with E-state index in [0.717, 1.165) is 32.1 Å². The van der Waals surface area contributed by atoms with Gasteiger partial charge in [0, 0.05) is 19.6 Å². The molecule has 110 valence electrons. The number of carboxylic acids is 1. The highest BCUT2D eigenvalue weighted by Crippen LogP contribution is 2.42. The van der Waals surface area contributed by atoms with Crippen molar-refractivity contribution in [3.05, 3.63) is 0 Å². The summed E-state index contributed by atoms with van der Waals surface area (Å²) in [6.07, 6.45) is 5.27. The summed E-state index contributed by atoms with van der Waals surface area (Å²) in [6, 6.07) is -0.0389. The average molecular weight is 271 g/mol. The highest BCUT2D eigenvalue weighted by molar-refractivity contribution is 5.78. The van der Waals surface area contributed by atoms with Gasteiger partial charge >= 0.3 is 5.97 Å². The summed E-state index contributed by atoms with van der Waals surface area (Å²) < 4.78 is 4.98. The Bertz CT molecular complexity index is 311. The van der Waals surface area contributed by atoms with Gasteiger partial charge in [-0.1, -0.05) is 19.3 Å². The van der Waals surface area contributed by atoms with Gasteiger partial charge in [0.05, 0.1) is 13.0 Å². The molecule has 19 heavy (non-hydrogen) atoms. The van der Waals surface area contributed by atoms with Gasteiger partial charge in [0.2, 0.25) is 5.91 Å². The predicted octanol–water partition coefficient (Wildman–Crippen LogP) is 1.95. The first-order chi connectivity index (χ1) is 8.97. The fourth-order valence-electron chi connectivity index (χ4n) is 3.00. The molecule has 0 aromatic heterocycles. The minimum Gasteiger partial charge on any atom is -0.481 e. The van der Waals surface area contributed by atoms with E-state index in [1.807, 2.05) is 6.92 Å². The van der Waals surface area contributed by atoms with Gasteiger partial charge in [-0.15, -0.1) is 0 Å². The Kier molecular flexibility index (Phi) is 6.28. The molecule has 1 aliphatic rings. The third kappa shape index (κ3) is 5.59. The first kappa shape index (κ1) is 16.0. The maximum atomic E-state index is 12.0. The molecule has 1 fully saturated rings. The number of methoxy groups -OCH3 is 1. The molecule has 1 unspecified atom stereocenters. The SMILES string of the molecule is COCC(C)NC(=O)CC1(CC(=O)O)CCCCC1. The van der Waals surface area contributed by atoms with Crippen LogP contribution in [0.2, 0.25) is 0 Å². The molecule has 1 aliphatic carbocycles. The van der Waals surface area contributed by atoms with Crippen molar-refractivity contribution in [1.29, 1.82) is 0 Å². The van der Waals surface area contributed by atoms with E-state index in [2.05, 4.69) is 5.32 Å². The molecule has 0 saturated heterocycles. The predicted molar refractivity (Wildman–Crippen MR) is 71.9 cm³/mol. The lowest BCUT2D eigenvalue weighted by atomic mass is 9.69. The second-order valence-corrected chi connectivity index (χ2v) is 5.73. The number of carbonyl (C=O) groups is 2. The van der Waals surface area contributed by atoms with Crippen LogP contribution < -0.4 is 5.32 Å². The number of aliphatic carboxylic acids is 1. The van der Waals surface area contributed by atoms with E-state index in [1.165, 1.54) is 0 Å². The fourth-order valence-corrected chi connectivity index (χ4v) is 3.00. The molecule has 0 spiro atoms. The number of carboxylic acid groups (broad SMARTS) is 1. The second-order valence-electron chi connectivity index (χ2n) is 5.73. The van der Waals surface area contributed by atoms with Crippen molar-refractivity contribution >= 4 is 11.9 Å². The van der Waals surface area contributed by atoms with Crippen LogP contribution in [0, 0.1) is 5.41 Å². The average Bonchev–Trinajstić information content (AvgIpc) is 2.28. The zero-order valence-corrected chi connectivity index (χ0v) is 11.9. The lowest BCUT2D eigenvalue weighted by Crippen LogP contribution is -2.40. The van der Waals surface area contributed by atoms with E-state index in [9.17, 15) is 9.59 Å². The van der Waals surface area contributed by atoms with Crippen LogP contribution in [0.15, 0.2) is 0 Å². The van der Waals surface area contributed by atoms with Gasteiger partial charge in [0.1, 0.15) is 0 Å². The van der Waals surface area contributed by atoms with E-state index in [0.29, 0.717) is 13.0 Å². The topological polar surface area (TPSA) is 75.6 Å². The van der Waals surface area contributed by atoms with Crippen molar-refractivity contribution in [2.75, 3.05) is 13.7 Å². The smallest absolute Gasteiger partial charge is 0.303 e. The maximum Gasteiger partial charge on any atom is 0.303 e. The Hall–Kier alpha value is -1.10. The molecule has 1 atom stereocenters. The van der Waals surface area contributed by atoms with Crippen LogP contribution in [0.1, 0.15) is 51.9 Å². The largest absolute Gasteiger partial charge is 0.481 e. The van der Waals surface area contributed by atoms with Crippen molar-refractivity contribution in [3.63, 3.8) is 0 Å². The monoisotopic (exact) mass is 271 g/mol. The Morgan fingerprint density at radius 1 is 1.26 bits per heavy atom. The van der Waals surface area contributed by atoms with Crippen LogP contribution in [-0.2, 0) is 14.3 Å². The van der Waals surface area contributed by atoms with Gasteiger partial charge in [-0.2, -0.15) is 0 Å². The molecule has 2 N–H and O–H groups in total. The third-order valence-corrected chi connectivity index (χ3v) is 3.80. The minimum absolute atomic E-state index is 0.0389. The van der Waals surface area contributed by atoms with Crippen LogP contribution in [-0.4, -0.2) is 36.7 Å². The van der Waals surface area contributed by atoms with E-state index in [-0.39, 0.29) is 23.8 Å². The molecular weight excluding hydrogens is 246 g/mol. The molecule has 0 aromatic rings. The fraction of sp³-hybridized carbons (Fsp3) is 0.857. The summed E-state index contributed by atoms with van der Waals surface area (Å²) in [6.45, 7) is 2.35. The van der Waals surface area contributed by atoms with Crippen molar-refractivity contribution in [2.45, 2.75) is 57.9 Å². The van der Waals surface area contributed by atoms with Gasteiger partial charge in [-0.3, -0.25) is 9.59 Å². The van der Waals surface area contributed by atoms with E-state index < -0.39 is 5.97 Å². The van der Waals surface area contributed by atoms with E-state index >= 15 is 0 Å². The van der Waals surface area contributed by atoms with Crippen LogP contribution in [0.5, 0.6) is 0 Å². The van der Waals surface area contributed by atoms with Crippen LogP contribution in [0.4, 0.5) is 0 Å². The quantitative estimate of drug-likeness (QED) is 0.742. The first-order valence-corrected chi connectivity index (χ1v) is 6.97. The van der Waals surface area contributed by atoms with Crippen LogP contribution in [0.25, 0.3) is 0 Å². The standard InChI is InChI=1S/C14H25NO4/c1-11(10-19-2)15-12(16)8-14(9-13(17)18)6-4-3-5-7-14/h11H,3-10H2,1-2H3,(H,15,16)(H,17,18). The highest BCUT2D eigenvalue weighted by Gasteiger charge is 2.36. The molecule has 5 nitrogen and oxygen atoms in total. The third-order valence-electron chi connectivity index (χ3n) is 3.80. The number of amides is 1. The Balaban J connectivity index is 2.56. The number of nitrogens with one attached hydrogen (secondary N) is 1. The zero-order valence-electron chi connectivity index (χ0n) is 11.9. The van der Waals surface area contributed by atoms with E-state index in [1.54, 1.807) is 7.11 Å². The number of hydrogen-bond donors (Lipinski definition) is 2. The first-order valence-electron chi connectivity index (χ1n) is 6.97. The summed E-state index contributed by atoms with van der Waals surface area (Å²) in [7, 11) is 1.59. The van der Waals surface area contributed by atoms with Crippen molar-refractivity contribution in [3.8, 4) is 0 Å². The zero-order chi connectivity index (χ0) is 14.3.